The van der Waals surface area contributed by atoms with E-state index in [2.05, 4.69) is 0 Å². The predicted octanol–water partition coefficient (Wildman–Crippen LogP) is 2.45. The van der Waals surface area contributed by atoms with Crippen LogP contribution in [0.25, 0.3) is 11.0 Å². The highest BCUT2D eigenvalue weighted by Gasteiger charge is 1.98. The van der Waals surface area contributed by atoms with Crippen molar-refractivity contribution in [2.75, 3.05) is 0 Å². The van der Waals surface area contributed by atoms with Gasteiger partial charge < -0.3 is 4.42 Å². The van der Waals surface area contributed by atoms with E-state index >= 15 is 0 Å². The summed E-state index contributed by atoms with van der Waals surface area (Å²) in [5, 5.41) is 1.06. The molecule has 60 valence electrons. The van der Waals surface area contributed by atoms with Gasteiger partial charge in [-0.2, -0.15) is 0 Å². The van der Waals surface area contributed by atoms with Crippen molar-refractivity contribution in [3.8, 4) is 0 Å². The van der Waals surface area contributed by atoms with Crippen LogP contribution in [-0.4, -0.2) is 0 Å². The molecule has 12 heavy (non-hydrogen) atoms. The fourth-order valence-electron chi connectivity index (χ4n) is 1.06. The molecule has 0 unspecified atom stereocenters. The minimum atomic E-state index is -0.0706. The third-order valence-corrected chi connectivity index (χ3v) is 1.86. The Morgan fingerprint density at radius 2 is 2.08 bits per heavy atom. The summed E-state index contributed by atoms with van der Waals surface area (Å²) in [6.45, 7) is 0. The summed E-state index contributed by atoms with van der Waals surface area (Å²) in [7, 11) is 0. The van der Waals surface area contributed by atoms with Crippen LogP contribution in [0.2, 0.25) is 5.02 Å². The summed E-state index contributed by atoms with van der Waals surface area (Å²) in [4.78, 5) is 11.2. The maximum atomic E-state index is 11.2. The van der Waals surface area contributed by atoms with E-state index in [0.717, 1.165) is 0 Å². The lowest BCUT2D eigenvalue weighted by molar-refractivity contribution is 0.602. The first-order valence-electron chi connectivity index (χ1n) is 3.44. The van der Waals surface area contributed by atoms with Gasteiger partial charge in [-0.05, 0) is 18.2 Å². The van der Waals surface area contributed by atoms with Gasteiger partial charge in [-0.1, -0.05) is 11.6 Å². The van der Waals surface area contributed by atoms with Crippen molar-refractivity contribution in [3.05, 3.63) is 45.8 Å². The van der Waals surface area contributed by atoms with E-state index in [1.54, 1.807) is 18.2 Å². The van der Waals surface area contributed by atoms with Gasteiger partial charge in [0.2, 0.25) is 0 Å². The highest BCUT2D eigenvalue weighted by atomic mass is 35.5. The molecule has 2 rings (SSSR count). The Labute approximate surface area is 73.4 Å². The van der Waals surface area contributed by atoms with Crippen molar-refractivity contribution < 1.29 is 4.42 Å². The summed E-state index contributed by atoms with van der Waals surface area (Å²) in [5.41, 5.74) is 0.491. The quantitative estimate of drug-likeness (QED) is 0.624. The minimum absolute atomic E-state index is 0.0706. The van der Waals surface area contributed by atoms with Crippen molar-refractivity contribution in [1.82, 2.24) is 0 Å². The van der Waals surface area contributed by atoms with Crippen LogP contribution in [-0.2, 0) is 0 Å². The van der Waals surface area contributed by atoms with E-state index in [1.165, 1.54) is 12.3 Å². The number of hydrogen-bond acceptors (Lipinski definition) is 2. The van der Waals surface area contributed by atoms with E-state index in [9.17, 15) is 4.79 Å². The zero-order valence-electron chi connectivity index (χ0n) is 6.08. The molecule has 2 aromatic rings. The molecule has 0 bridgehead atoms. The van der Waals surface area contributed by atoms with Gasteiger partial charge in [0, 0.05) is 11.1 Å². The maximum absolute atomic E-state index is 11.2. The topological polar surface area (TPSA) is 30.2 Å². The van der Waals surface area contributed by atoms with Gasteiger partial charge in [-0.3, -0.25) is 4.79 Å². The first kappa shape index (κ1) is 7.37. The van der Waals surface area contributed by atoms with Crippen LogP contribution in [0.4, 0.5) is 0 Å². The average Bonchev–Trinajstić information content (AvgIpc) is 2.07. The lowest BCUT2D eigenvalue weighted by Crippen LogP contribution is -1.96. The lowest BCUT2D eigenvalue weighted by atomic mass is 10.2. The molecule has 0 aliphatic carbocycles. The van der Waals surface area contributed by atoms with Gasteiger partial charge in [-0.15, -0.1) is 0 Å². The molecule has 1 aromatic heterocycles. The standard InChI is InChI=1S/C9H5ClO2/c10-6-1-2-9-7(5-6)8(11)3-4-12-9/h1-5H. The van der Waals surface area contributed by atoms with Crippen LogP contribution in [0.15, 0.2) is 39.7 Å². The number of hydrogen-bond donors (Lipinski definition) is 0. The molecule has 0 aliphatic rings. The zero-order chi connectivity index (χ0) is 8.55. The van der Waals surface area contributed by atoms with Crippen LogP contribution in [0, 0.1) is 0 Å². The largest absolute Gasteiger partial charge is 0.464 e. The SMILES string of the molecule is O=c1ccoc2ccc(Cl)cc12. The minimum Gasteiger partial charge on any atom is -0.464 e. The van der Waals surface area contributed by atoms with E-state index in [-0.39, 0.29) is 5.43 Å². The van der Waals surface area contributed by atoms with E-state index in [4.69, 9.17) is 16.0 Å². The van der Waals surface area contributed by atoms with Gasteiger partial charge >= 0.3 is 0 Å². The molecule has 0 fully saturated rings. The molecule has 0 spiro atoms. The second-order valence-electron chi connectivity index (χ2n) is 2.43. The number of fused-ring (bicyclic) bond motifs is 1. The monoisotopic (exact) mass is 180 g/mol. The number of rotatable bonds is 0. The van der Waals surface area contributed by atoms with E-state index < -0.39 is 0 Å². The van der Waals surface area contributed by atoms with E-state index in [1.807, 2.05) is 0 Å². The van der Waals surface area contributed by atoms with Crippen LogP contribution in [0.1, 0.15) is 0 Å². The van der Waals surface area contributed by atoms with Gasteiger partial charge in [0.1, 0.15) is 5.58 Å². The van der Waals surface area contributed by atoms with Gasteiger partial charge in [0.25, 0.3) is 0 Å². The molecular formula is C9H5ClO2. The second kappa shape index (κ2) is 2.64. The molecule has 1 aromatic carbocycles. The van der Waals surface area contributed by atoms with Gasteiger partial charge in [0.05, 0.1) is 11.6 Å². The Bertz CT molecular complexity index is 473. The molecule has 0 saturated carbocycles. The third-order valence-electron chi connectivity index (χ3n) is 1.62. The van der Waals surface area contributed by atoms with Crippen molar-refractivity contribution in [3.63, 3.8) is 0 Å². The van der Waals surface area contributed by atoms with Gasteiger partial charge in [-0.25, -0.2) is 0 Å². The third kappa shape index (κ3) is 1.10. The molecule has 0 aliphatic heterocycles. The first-order chi connectivity index (χ1) is 5.77. The molecular weight excluding hydrogens is 176 g/mol. The molecule has 0 saturated heterocycles. The summed E-state index contributed by atoms with van der Waals surface area (Å²) >= 11 is 5.71. The first-order valence-corrected chi connectivity index (χ1v) is 3.82. The van der Waals surface area contributed by atoms with Gasteiger partial charge in [0.15, 0.2) is 5.43 Å². The highest BCUT2D eigenvalue weighted by molar-refractivity contribution is 6.31. The average molecular weight is 181 g/mol. The predicted molar refractivity (Wildman–Crippen MR) is 47.5 cm³/mol. The molecule has 3 heteroatoms. The molecule has 0 radical (unpaired) electrons. The number of halogens is 1. The molecule has 0 atom stereocenters. The van der Waals surface area contributed by atoms with Crippen molar-refractivity contribution in [2.24, 2.45) is 0 Å². The zero-order valence-corrected chi connectivity index (χ0v) is 6.84. The summed E-state index contributed by atoms with van der Waals surface area (Å²) in [6, 6.07) is 6.34. The number of benzene rings is 1. The van der Waals surface area contributed by atoms with Crippen molar-refractivity contribution in [2.45, 2.75) is 0 Å². The molecule has 0 amide bonds. The van der Waals surface area contributed by atoms with E-state index in [0.29, 0.717) is 16.0 Å². The summed E-state index contributed by atoms with van der Waals surface area (Å²) < 4.78 is 5.09. The van der Waals surface area contributed by atoms with Crippen molar-refractivity contribution >= 4 is 22.6 Å². The molecule has 1 heterocycles. The fraction of sp³-hybridized carbons (Fsp3) is 0. The van der Waals surface area contributed by atoms with Crippen LogP contribution in [0.5, 0.6) is 0 Å². The Morgan fingerprint density at radius 1 is 1.25 bits per heavy atom. The lowest BCUT2D eigenvalue weighted by Gasteiger charge is -1.94. The highest BCUT2D eigenvalue weighted by Crippen LogP contribution is 2.15. The summed E-state index contributed by atoms with van der Waals surface area (Å²) in [5.74, 6) is 0. The Kier molecular flexibility index (Phi) is 1.62. The second-order valence-corrected chi connectivity index (χ2v) is 2.86. The molecule has 2 nitrogen and oxygen atoms in total. The Morgan fingerprint density at radius 3 is 2.92 bits per heavy atom. The van der Waals surface area contributed by atoms with Crippen LogP contribution < -0.4 is 5.43 Å². The Hall–Kier alpha value is -1.28. The van der Waals surface area contributed by atoms with Crippen LogP contribution >= 0.6 is 11.6 Å². The maximum Gasteiger partial charge on any atom is 0.192 e. The Balaban J connectivity index is 2.98. The summed E-state index contributed by atoms with van der Waals surface area (Å²) in [6.07, 6.45) is 1.37. The van der Waals surface area contributed by atoms with Crippen LogP contribution in [0.3, 0.4) is 0 Å². The molecule has 0 N–H and O–H groups in total. The van der Waals surface area contributed by atoms with Crippen molar-refractivity contribution in [1.29, 1.82) is 0 Å². The smallest absolute Gasteiger partial charge is 0.192 e. The normalized spacial score (nSPS) is 10.4. The fourth-order valence-corrected chi connectivity index (χ4v) is 1.23.